The number of nitrogens with zero attached hydrogens (tertiary/aromatic N) is 3. The normalized spacial score (nSPS) is 14.7. The summed E-state index contributed by atoms with van der Waals surface area (Å²) in [4.78, 5) is 17.7. The topological polar surface area (TPSA) is 65.9 Å². The number of carboxylic acid groups (broad SMARTS) is 1. The Labute approximate surface area is 190 Å². The molecule has 0 radical (unpaired) electrons. The maximum atomic E-state index is 14.0. The number of rotatable bonds is 5. The molecular formula is C21H18F3N3O3S2. The van der Waals surface area contributed by atoms with E-state index >= 15 is 0 Å². The van der Waals surface area contributed by atoms with Crippen LogP contribution in [0.4, 0.5) is 24.5 Å². The number of thiazole rings is 1. The van der Waals surface area contributed by atoms with E-state index in [1.54, 1.807) is 0 Å². The van der Waals surface area contributed by atoms with Gasteiger partial charge in [0.25, 0.3) is 0 Å². The summed E-state index contributed by atoms with van der Waals surface area (Å²) in [7, 11) is 1.87. The molecule has 0 fully saturated rings. The first kappa shape index (κ1) is 22.4. The number of ether oxygens (including phenoxy) is 1. The number of fused-ring (bicyclic) bond motifs is 1. The highest BCUT2D eigenvalue weighted by Crippen LogP contribution is 2.46. The first-order chi connectivity index (χ1) is 15.2. The van der Waals surface area contributed by atoms with E-state index in [0.717, 1.165) is 23.1 Å². The van der Waals surface area contributed by atoms with E-state index < -0.39 is 17.7 Å². The number of aromatic nitrogens is 1. The lowest BCUT2D eigenvalue weighted by atomic mass is 10.1. The van der Waals surface area contributed by atoms with Gasteiger partial charge in [-0.15, -0.1) is 11.3 Å². The molecule has 4 rings (SSSR count). The Kier molecular flexibility index (Phi) is 6.31. The second kappa shape index (κ2) is 9.00. The molecule has 3 aromatic rings. The van der Waals surface area contributed by atoms with Crippen molar-refractivity contribution < 1.29 is 27.8 Å². The molecule has 0 aliphatic carbocycles. The summed E-state index contributed by atoms with van der Waals surface area (Å²) in [6.45, 7) is 0.826. The van der Waals surface area contributed by atoms with Crippen molar-refractivity contribution in [3.8, 4) is 5.75 Å². The fourth-order valence-corrected chi connectivity index (χ4v) is 4.91. The Morgan fingerprint density at radius 3 is 2.66 bits per heavy atom. The van der Waals surface area contributed by atoms with Gasteiger partial charge in [0.2, 0.25) is 0 Å². The van der Waals surface area contributed by atoms with Gasteiger partial charge in [-0.3, -0.25) is 0 Å². The van der Waals surface area contributed by atoms with Crippen LogP contribution in [-0.4, -0.2) is 40.5 Å². The van der Waals surface area contributed by atoms with Gasteiger partial charge in [0.05, 0.1) is 26.5 Å². The van der Waals surface area contributed by atoms with Crippen LogP contribution in [0.25, 0.3) is 0 Å². The third-order valence-electron chi connectivity index (χ3n) is 4.82. The van der Waals surface area contributed by atoms with Crippen molar-refractivity contribution in [3.63, 3.8) is 0 Å². The van der Waals surface area contributed by atoms with E-state index in [0.29, 0.717) is 23.7 Å². The first-order valence-electron chi connectivity index (χ1n) is 9.49. The maximum Gasteiger partial charge on any atom is 0.420 e. The highest BCUT2D eigenvalue weighted by Gasteiger charge is 2.37. The Hall–Kier alpha value is -2.76. The summed E-state index contributed by atoms with van der Waals surface area (Å²) in [6, 6.07) is 11.7. The van der Waals surface area contributed by atoms with Crippen LogP contribution >= 0.6 is 23.3 Å². The van der Waals surface area contributed by atoms with Crippen molar-refractivity contribution in [1.29, 1.82) is 0 Å². The zero-order valence-electron chi connectivity index (χ0n) is 16.8. The Morgan fingerprint density at radius 1 is 1.22 bits per heavy atom. The van der Waals surface area contributed by atoms with Crippen molar-refractivity contribution >= 4 is 40.6 Å². The minimum absolute atomic E-state index is 0.220. The molecule has 2 aromatic carbocycles. The van der Waals surface area contributed by atoms with Crippen molar-refractivity contribution in [1.82, 2.24) is 9.29 Å². The maximum absolute atomic E-state index is 14.0. The predicted octanol–water partition coefficient (Wildman–Crippen LogP) is 5.53. The fourth-order valence-electron chi connectivity index (χ4n) is 3.32. The largest absolute Gasteiger partial charge is 0.487 e. The van der Waals surface area contributed by atoms with Crippen molar-refractivity contribution in [3.05, 3.63) is 64.1 Å². The number of para-hydroxylation sites is 1. The van der Waals surface area contributed by atoms with E-state index in [-0.39, 0.29) is 22.9 Å². The molecule has 11 heteroatoms. The average molecular weight is 482 g/mol. The quantitative estimate of drug-likeness (QED) is 0.481. The summed E-state index contributed by atoms with van der Waals surface area (Å²) in [5.41, 5.74) is 1.43. The molecule has 6 nitrogen and oxygen atoms in total. The fraction of sp³-hybridized carbons (Fsp3) is 0.238. The minimum Gasteiger partial charge on any atom is -0.487 e. The molecule has 1 N–H and O–H groups in total. The number of carboxylic acids is 1. The standard InChI is InChI=1S/C21H18F3N3O3S2/c1-26-7-8-27(13-5-3-2-4-6-13)15-9-14(21(22,23)24)16(10-17(15)32-26)30-11-18-19(20(28)29)25-12-31-18/h2-6,9-10,12H,7-8,11H2,1H3,(H,28,29). The molecule has 1 aliphatic rings. The molecule has 0 saturated carbocycles. The number of likely N-dealkylation sites (N-methyl/N-ethyl adjacent to an activating group) is 1. The van der Waals surface area contributed by atoms with Crippen molar-refractivity contribution in [2.24, 2.45) is 0 Å². The molecule has 2 heterocycles. The number of anilines is 2. The highest BCUT2D eigenvalue weighted by atomic mass is 32.2. The molecule has 0 atom stereocenters. The van der Waals surface area contributed by atoms with E-state index in [1.165, 1.54) is 23.5 Å². The average Bonchev–Trinajstić information content (AvgIpc) is 3.15. The van der Waals surface area contributed by atoms with E-state index in [2.05, 4.69) is 4.98 Å². The summed E-state index contributed by atoms with van der Waals surface area (Å²) >= 11 is 2.36. The number of carbonyl (C=O) groups is 1. The molecular weight excluding hydrogens is 463 g/mol. The molecule has 1 aliphatic heterocycles. The molecule has 0 unspecified atom stereocenters. The van der Waals surface area contributed by atoms with Gasteiger partial charge in [-0.2, -0.15) is 13.2 Å². The number of alkyl halides is 3. The van der Waals surface area contributed by atoms with Gasteiger partial charge in [-0.1, -0.05) is 18.2 Å². The number of hydrogen-bond donors (Lipinski definition) is 1. The zero-order valence-corrected chi connectivity index (χ0v) is 18.4. The molecule has 0 saturated heterocycles. The number of hydrogen-bond acceptors (Lipinski definition) is 7. The van der Waals surface area contributed by atoms with Gasteiger partial charge in [0.1, 0.15) is 12.4 Å². The number of benzene rings is 2. The Bertz CT molecular complexity index is 1120. The monoisotopic (exact) mass is 481 g/mol. The lowest BCUT2D eigenvalue weighted by molar-refractivity contribution is -0.139. The van der Waals surface area contributed by atoms with Crippen LogP contribution < -0.4 is 9.64 Å². The summed E-state index contributed by atoms with van der Waals surface area (Å²) in [6.07, 6.45) is -4.65. The molecule has 32 heavy (non-hydrogen) atoms. The highest BCUT2D eigenvalue weighted by molar-refractivity contribution is 7.97. The lowest BCUT2D eigenvalue weighted by Crippen LogP contribution is -2.24. The van der Waals surface area contributed by atoms with Gasteiger partial charge in [0.15, 0.2) is 5.69 Å². The van der Waals surface area contributed by atoms with E-state index in [4.69, 9.17) is 4.74 Å². The van der Waals surface area contributed by atoms with Crippen LogP contribution in [0, 0.1) is 0 Å². The second-order valence-corrected chi connectivity index (χ2v) is 9.15. The van der Waals surface area contributed by atoms with E-state index in [9.17, 15) is 23.1 Å². The molecule has 0 spiro atoms. The lowest BCUT2D eigenvalue weighted by Gasteiger charge is -2.26. The van der Waals surface area contributed by atoms with Gasteiger partial charge in [0, 0.05) is 18.8 Å². The van der Waals surface area contributed by atoms with Crippen LogP contribution in [0.3, 0.4) is 0 Å². The van der Waals surface area contributed by atoms with Crippen LogP contribution in [0.1, 0.15) is 20.9 Å². The van der Waals surface area contributed by atoms with Gasteiger partial charge in [-0.25, -0.2) is 14.1 Å². The number of halogens is 3. The van der Waals surface area contributed by atoms with Gasteiger partial charge < -0.3 is 14.7 Å². The Morgan fingerprint density at radius 2 is 1.97 bits per heavy atom. The van der Waals surface area contributed by atoms with Gasteiger partial charge in [-0.05, 0) is 43.3 Å². The SMILES string of the molecule is CN1CCN(c2ccccc2)c2cc(C(F)(F)F)c(OCc3scnc3C(=O)O)cc2S1. The third kappa shape index (κ3) is 4.69. The first-order valence-corrected chi connectivity index (χ1v) is 11.1. The van der Waals surface area contributed by atoms with Crippen LogP contribution in [-0.2, 0) is 12.8 Å². The van der Waals surface area contributed by atoms with Gasteiger partial charge >= 0.3 is 12.1 Å². The second-order valence-electron chi connectivity index (χ2n) is 6.96. The third-order valence-corrected chi connectivity index (χ3v) is 6.64. The van der Waals surface area contributed by atoms with Crippen LogP contribution in [0.2, 0.25) is 0 Å². The molecule has 1 aromatic heterocycles. The minimum atomic E-state index is -4.65. The van der Waals surface area contributed by atoms with Crippen molar-refractivity contribution in [2.75, 3.05) is 25.0 Å². The summed E-state index contributed by atoms with van der Waals surface area (Å²) in [5.74, 6) is -1.60. The predicted molar refractivity (Wildman–Crippen MR) is 117 cm³/mol. The summed E-state index contributed by atoms with van der Waals surface area (Å²) < 4.78 is 49.4. The molecule has 0 bridgehead atoms. The smallest absolute Gasteiger partial charge is 0.420 e. The van der Waals surface area contributed by atoms with Crippen molar-refractivity contribution in [2.45, 2.75) is 17.7 Å². The van der Waals surface area contributed by atoms with E-state index in [1.807, 2.05) is 46.6 Å². The summed E-state index contributed by atoms with van der Waals surface area (Å²) in [5, 5.41) is 9.19. The molecule has 0 amide bonds. The zero-order chi connectivity index (χ0) is 22.9. The van der Waals surface area contributed by atoms with Crippen LogP contribution in [0.5, 0.6) is 5.75 Å². The number of aromatic carboxylic acids is 1. The Balaban J connectivity index is 1.76. The molecule has 168 valence electrons. The van der Waals surface area contributed by atoms with Crippen LogP contribution in [0.15, 0.2) is 52.9 Å².